The second-order valence-corrected chi connectivity index (χ2v) is 8.75. The number of carbonyl (C=O) groups excluding carboxylic acids is 1. The third-order valence-electron chi connectivity index (χ3n) is 4.39. The fourth-order valence-electron chi connectivity index (χ4n) is 3.14. The molecule has 1 aliphatic carbocycles. The zero-order chi connectivity index (χ0) is 19.2. The fraction of sp³-hybridized carbons (Fsp3) is 0.650. The van der Waals surface area contributed by atoms with Crippen LogP contribution in [0.3, 0.4) is 0 Å². The Balaban J connectivity index is 1.97. The maximum Gasteiger partial charge on any atom is 0.258 e. The highest BCUT2D eigenvalue weighted by molar-refractivity contribution is 9.10. The van der Waals surface area contributed by atoms with Gasteiger partial charge in [-0.1, -0.05) is 35.2 Å². The van der Waals surface area contributed by atoms with E-state index in [1.807, 2.05) is 32.9 Å². The summed E-state index contributed by atoms with van der Waals surface area (Å²) in [5.74, 6) is 1.04. The maximum absolute atomic E-state index is 12.0. The van der Waals surface area contributed by atoms with Crippen LogP contribution in [0.5, 0.6) is 11.5 Å². The number of hydrogen-bond donors (Lipinski definition) is 2. The van der Waals surface area contributed by atoms with Crippen LogP contribution < -0.4 is 20.1 Å². The number of nitrogens with one attached hydrogen (secondary N) is 2. The van der Waals surface area contributed by atoms with Crippen molar-refractivity contribution in [1.29, 1.82) is 0 Å². The predicted octanol–water partition coefficient (Wildman–Crippen LogP) is 4.17. The van der Waals surface area contributed by atoms with Crippen molar-refractivity contribution in [2.24, 2.45) is 0 Å². The topological polar surface area (TPSA) is 59.6 Å². The van der Waals surface area contributed by atoms with Crippen LogP contribution in [0, 0.1) is 0 Å². The molecular weight excluding hydrogens is 396 g/mol. The summed E-state index contributed by atoms with van der Waals surface area (Å²) in [4.78, 5) is 12.0. The van der Waals surface area contributed by atoms with Crippen molar-refractivity contribution in [1.82, 2.24) is 10.6 Å². The van der Waals surface area contributed by atoms with Crippen LogP contribution in [0.15, 0.2) is 16.6 Å². The first-order valence-electron chi connectivity index (χ1n) is 9.32. The summed E-state index contributed by atoms with van der Waals surface area (Å²) < 4.78 is 12.1. The first-order valence-corrected chi connectivity index (χ1v) is 10.1. The highest BCUT2D eigenvalue weighted by Gasteiger charge is 2.17. The summed E-state index contributed by atoms with van der Waals surface area (Å²) in [6.45, 7) is 6.56. The zero-order valence-corrected chi connectivity index (χ0v) is 17.9. The van der Waals surface area contributed by atoms with Gasteiger partial charge in [-0.3, -0.25) is 4.79 Å². The number of amides is 1. The van der Waals surface area contributed by atoms with Crippen LogP contribution >= 0.6 is 15.9 Å². The van der Waals surface area contributed by atoms with Crippen molar-refractivity contribution in [3.8, 4) is 11.5 Å². The van der Waals surface area contributed by atoms with Gasteiger partial charge in [0.2, 0.25) is 0 Å². The molecule has 1 fully saturated rings. The Kier molecular flexibility index (Phi) is 7.77. The van der Waals surface area contributed by atoms with Crippen LogP contribution in [0.25, 0.3) is 0 Å². The normalized spacial score (nSPS) is 15.6. The summed E-state index contributed by atoms with van der Waals surface area (Å²) in [5, 5.41) is 6.52. The lowest BCUT2D eigenvalue weighted by Gasteiger charge is -2.23. The van der Waals surface area contributed by atoms with E-state index >= 15 is 0 Å². The minimum Gasteiger partial charge on any atom is -0.493 e. The molecule has 0 heterocycles. The number of methoxy groups -OCH3 is 1. The van der Waals surface area contributed by atoms with Gasteiger partial charge in [0.25, 0.3) is 5.91 Å². The molecule has 1 saturated carbocycles. The number of rotatable bonds is 7. The Bertz CT molecular complexity index is 608. The van der Waals surface area contributed by atoms with E-state index < -0.39 is 0 Å². The van der Waals surface area contributed by atoms with Gasteiger partial charge in [-0.25, -0.2) is 0 Å². The average molecular weight is 427 g/mol. The smallest absolute Gasteiger partial charge is 0.258 e. The van der Waals surface area contributed by atoms with Crippen molar-refractivity contribution < 1.29 is 14.3 Å². The van der Waals surface area contributed by atoms with Crippen LogP contribution in [0.4, 0.5) is 0 Å². The van der Waals surface area contributed by atoms with E-state index in [0.717, 1.165) is 16.6 Å². The molecule has 2 rings (SSSR count). The van der Waals surface area contributed by atoms with Crippen molar-refractivity contribution in [2.45, 2.75) is 71.0 Å². The van der Waals surface area contributed by atoms with E-state index in [4.69, 9.17) is 9.47 Å². The molecule has 5 nitrogen and oxygen atoms in total. The lowest BCUT2D eigenvalue weighted by Crippen LogP contribution is -2.43. The molecule has 26 heavy (non-hydrogen) atoms. The van der Waals surface area contributed by atoms with Crippen LogP contribution in [-0.4, -0.2) is 31.2 Å². The molecule has 146 valence electrons. The minimum absolute atomic E-state index is 0.0419. The molecular formula is C20H31BrN2O3. The van der Waals surface area contributed by atoms with Crippen molar-refractivity contribution in [2.75, 3.05) is 13.7 Å². The summed E-state index contributed by atoms with van der Waals surface area (Å²) in [7, 11) is 1.61. The second kappa shape index (κ2) is 9.60. The van der Waals surface area contributed by atoms with Gasteiger partial charge in [-0.15, -0.1) is 0 Å². The first-order chi connectivity index (χ1) is 12.3. The Morgan fingerprint density at radius 2 is 1.88 bits per heavy atom. The Hall–Kier alpha value is -1.27. The standard InChI is InChI=1S/C20H31BrN2O3/c1-20(2,3)23-19(24)13-26-18-11-16(21)14(10-17(18)25-4)12-22-15-8-6-5-7-9-15/h10-11,15,22H,5-9,12-13H2,1-4H3,(H,23,24). The minimum atomic E-state index is -0.278. The Morgan fingerprint density at radius 1 is 1.19 bits per heavy atom. The van der Waals surface area contributed by atoms with E-state index in [1.54, 1.807) is 7.11 Å². The maximum atomic E-state index is 12.0. The van der Waals surface area contributed by atoms with Gasteiger partial charge >= 0.3 is 0 Å². The number of benzene rings is 1. The van der Waals surface area contributed by atoms with Gasteiger partial charge in [0.05, 0.1) is 7.11 Å². The molecule has 0 unspecified atom stereocenters. The zero-order valence-electron chi connectivity index (χ0n) is 16.3. The van der Waals surface area contributed by atoms with Gasteiger partial charge < -0.3 is 20.1 Å². The van der Waals surface area contributed by atoms with E-state index in [2.05, 4.69) is 26.6 Å². The highest BCUT2D eigenvalue weighted by atomic mass is 79.9. The molecule has 6 heteroatoms. The molecule has 2 N–H and O–H groups in total. The predicted molar refractivity (Wildman–Crippen MR) is 108 cm³/mol. The summed E-state index contributed by atoms with van der Waals surface area (Å²) >= 11 is 3.62. The number of halogens is 1. The van der Waals surface area contributed by atoms with E-state index in [1.165, 1.54) is 32.1 Å². The molecule has 1 aromatic carbocycles. The van der Waals surface area contributed by atoms with E-state index in [-0.39, 0.29) is 18.1 Å². The lowest BCUT2D eigenvalue weighted by molar-refractivity contribution is -0.124. The van der Waals surface area contributed by atoms with Crippen molar-refractivity contribution in [3.63, 3.8) is 0 Å². The molecule has 0 atom stereocenters. The van der Waals surface area contributed by atoms with Gasteiger partial charge in [0.15, 0.2) is 18.1 Å². The second-order valence-electron chi connectivity index (χ2n) is 7.90. The van der Waals surface area contributed by atoms with Gasteiger partial charge in [-0.2, -0.15) is 0 Å². The Morgan fingerprint density at radius 3 is 2.50 bits per heavy atom. The van der Waals surface area contributed by atoms with Gasteiger partial charge in [0.1, 0.15) is 0 Å². The molecule has 0 aliphatic heterocycles. The quantitative estimate of drug-likeness (QED) is 0.686. The average Bonchev–Trinajstić information content (AvgIpc) is 2.58. The van der Waals surface area contributed by atoms with Crippen molar-refractivity contribution >= 4 is 21.8 Å². The largest absolute Gasteiger partial charge is 0.493 e. The van der Waals surface area contributed by atoms with Gasteiger partial charge in [-0.05, 0) is 51.3 Å². The number of carbonyl (C=O) groups is 1. The Labute approximate surface area is 165 Å². The van der Waals surface area contributed by atoms with Crippen LogP contribution in [0.2, 0.25) is 0 Å². The van der Waals surface area contributed by atoms with E-state index in [9.17, 15) is 4.79 Å². The molecule has 1 amide bonds. The third-order valence-corrected chi connectivity index (χ3v) is 5.13. The molecule has 1 aromatic rings. The lowest BCUT2D eigenvalue weighted by atomic mass is 9.95. The fourth-order valence-corrected chi connectivity index (χ4v) is 3.61. The first kappa shape index (κ1) is 21.0. The van der Waals surface area contributed by atoms with E-state index in [0.29, 0.717) is 17.5 Å². The van der Waals surface area contributed by atoms with Gasteiger partial charge in [0, 0.05) is 22.6 Å². The number of hydrogen-bond acceptors (Lipinski definition) is 4. The van der Waals surface area contributed by atoms with Crippen LogP contribution in [-0.2, 0) is 11.3 Å². The van der Waals surface area contributed by atoms with Crippen LogP contribution in [0.1, 0.15) is 58.4 Å². The molecule has 0 bridgehead atoms. The summed E-state index contributed by atoms with van der Waals surface area (Å²) in [6, 6.07) is 4.44. The number of ether oxygens (including phenoxy) is 2. The molecule has 0 aromatic heterocycles. The molecule has 1 aliphatic rings. The monoisotopic (exact) mass is 426 g/mol. The molecule has 0 spiro atoms. The summed E-state index contributed by atoms with van der Waals surface area (Å²) in [5.41, 5.74) is 0.846. The third kappa shape index (κ3) is 6.80. The van der Waals surface area contributed by atoms with Crippen molar-refractivity contribution in [3.05, 3.63) is 22.2 Å². The summed E-state index contributed by atoms with van der Waals surface area (Å²) in [6.07, 6.45) is 6.47. The SMILES string of the molecule is COc1cc(CNC2CCCCC2)c(Br)cc1OCC(=O)NC(C)(C)C. The molecule has 0 radical (unpaired) electrons. The highest BCUT2D eigenvalue weighted by Crippen LogP contribution is 2.34. The molecule has 0 saturated heterocycles.